The third-order valence-electron chi connectivity index (χ3n) is 4.07. The van der Waals surface area contributed by atoms with E-state index in [1.54, 1.807) is 0 Å². The van der Waals surface area contributed by atoms with E-state index in [2.05, 4.69) is 14.5 Å². The molecule has 1 aliphatic heterocycles. The summed E-state index contributed by atoms with van der Waals surface area (Å²) >= 11 is 0. The molecule has 17 heavy (non-hydrogen) atoms. The minimum Gasteiger partial charge on any atom is -0.330 e. The fraction of sp³-hybridized carbons (Fsp3) is 0.769. The van der Waals surface area contributed by atoms with Crippen molar-refractivity contribution in [3.8, 4) is 0 Å². The molecule has 94 valence electrons. The highest BCUT2D eigenvalue weighted by molar-refractivity contribution is 5.04. The highest BCUT2D eigenvalue weighted by atomic mass is 15.2. The number of aromatic nitrogens is 2. The second-order valence-corrected chi connectivity index (χ2v) is 5.38. The lowest BCUT2D eigenvalue weighted by Crippen LogP contribution is -2.43. The molecule has 2 fully saturated rings. The van der Waals surface area contributed by atoms with Crippen LogP contribution in [-0.4, -0.2) is 33.6 Å². The first-order valence-corrected chi connectivity index (χ1v) is 6.83. The molecule has 2 N–H and O–H groups in total. The second-order valence-electron chi connectivity index (χ2n) is 5.38. The number of likely N-dealkylation sites (tertiary alicyclic amines) is 1. The molecular weight excluding hydrogens is 212 g/mol. The van der Waals surface area contributed by atoms with E-state index in [0.29, 0.717) is 6.04 Å². The summed E-state index contributed by atoms with van der Waals surface area (Å²) in [6, 6.07) is 1.31. The van der Waals surface area contributed by atoms with Gasteiger partial charge in [-0.2, -0.15) is 0 Å². The Labute approximate surface area is 103 Å². The molecule has 1 aromatic rings. The van der Waals surface area contributed by atoms with Gasteiger partial charge in [0.25, 0.3) is 0 Å². The van der Waals surface area contributed by atoms with Gasteiger partial charge < -0.3 is 10.3 Å². The van der Waals surface area contributed by atoms with Gasteiger partial charge in [-0.25, -0.2) is 4.98 Å². The van der Waals surface area contributed by atoms with Crippen LogP contribution in [0.25, 0.3) is 0 Å². The van der Waals surface area contributed by atoms with E-state index >= 15 is 0 Å². The lowest BCUT2D eigenvalue weighted by atomic mass is 10.0. The molecule has 4 nitrogen and oxygen atoms in total. The topological polar surface area (TPSA) is 47.1 Å². The molecule has 4 heteroatoms. The van der Waals surface area contributed by atoms with E-state index in [0.717, 1.165) is 19.1 Å². The van der Waals surface area contributed by atoms with Crippen LogP contribution in [0.3, 0.4) is 0 Å². The third kappa shape index (κ3) is 2.38. The molecule has 0 aromatic carbocycles. The lowest BCUT2D eigenvalue weighted by molar-refractivity contribution is 0.141. The Morgan fingerprint density at radius 3 is 2.94 bits per heavy atom. The second kappa shape index (κ2) is 4.78. The van der Waals surface area contributed by atoms with Crippen LogP contribution in [0, 0.1) is 0 Å². The van der Waals surface area contributed by atoms with Gasteiger partial charge in [0.05, 0.1) is 12.0 Å². The van der Waals surface area contributed by atoms with Gasteiger partial charge in [0.15, 0.2) is 0 Å². The van der Waals surface area contributed by atoms with Crippen molar-refractivity contribution in [2.75, 3.05) is 13.1 Å². The molecule has 2 heterocycles. The quantitative estimate of drug-likeness (QED) is 0.859. The van der Waals surface area contributed by atoms with Gasteiger partial charge in [0, 0.05) is 31.4 Å². The summed E-state index contributed by atoms with van der Waals surface area (Å²) in [6.45, 7) is 3.01. The van der Waals surface area contributed by atoms with Gasteiger partial charge in [-0.05, 0) is 32.2 Å². The fourth-order valence-corrected chi connectivity index (χ4v) is 2.88. The average Bonchev–Trinajstić information content (AvgIpc) is 3.11. The summed E-state index contributed by atoms with van der Waals surface area (Å²) in [5.41, 5.74) is 7.24. The van der Waals surface area contributed by atoms with Crippen molar-refractivity contribution in [1.82, 2.24) is 14.5 Å². The SMILES string of the molecule is NCC1CCCCN1Cc1cncn1C1CC1. The molecule has 1 saturated carbocycles. The largest absolute Gasteiger partial charge is 0.330 e. The number of nitrogens with zero attached hydrogens (tertiary/aromatic N) is 3. The van der Waals surface area contributed by atoms with E-state index in [1.165, 1.54) is 44.3 Å². The summed E-state index contributed by atoms with van der Waals surface area (Å²) in [6.07, 6.45) is 10.6. The maximum absolute atomic E-state index is 5.87. The minimum atomic E-state index is 0.575. The average molecular weight is 234 g/mol. The zero-order valence-corrected chi connectivity index (χ0v) is 10.4. The van der Waals surface area contributed by atoms with Crippen LogP contribution >= 0.6 is 0 Å². The molecule has 0 bridgehead atoms. The smallest absolute Gasteiger partial charge is 0.0951 e. The molecule has 1 aromatic heterocycles. The lowest BCUT2D eigenvalue weighted by Gasteiger charge is -2.35. The first kappa shape index (κ1) is 11.2. The Kier molecular flexibility index (Phi) is 3.16. The van der Waals surface area contributed by atoms with Crippen molar-refractivity contribution in [2.45, 2.75) is 50.7 Å². The Morgan fingerprint density at radius 2 is 2.18 bits per heavy atom. The molecule has 3 rings (SSSR count). The van der Waals surface area contributed by atoms with Crippen molar-refractivity contribution in [1.29, 1.82) is 0 Å². The number of hydrogen-bond acceptors (Lipinski definition) is 3. The van der Waals surface area contributed by atoms with Crippen molar-refractivity contribution in [3.05, 3.63) is 18.2 Å². The predicted octanol–water partition coefficient (Wildman–Crippen LogP) is 1.53. The number of piperidine rings is 1. The Hall–Kier alpha value is -0.870. The zero-order valence-electron chi connectivity index (χ0n) is 10.4. The Balaban J connectivity index is 1.69. The Morgan fingerprint density at radius 1 is 1.29 bits per heavy atom. The van der Waals surface area contributed by atoms with Crippen molar-refractivity contribution in [3.63, 3.8) is 0 Å². The molecular formula is C13H22N4. The first-order valence-electron chi connectivity index (χ1n) is 6.83. The molecule has 0 amide bonds. The van der Waals surface area contributed by atoms with E-state index < -0.39 is 0 Å². The van der Waals surface area contributed by atoms with Crippen LogP contribution in [0.1, 0.15) is 43.8 Å². The van der Waals surface area contributed by atoms with Gasteiger partial charge in [-0.15, -0.1) is 0 Å². The van der Waals surface area contributed by atoms with Crippen LogP contribution in [0.4, 0.5) is 0 Å². The summed E-state index contributed by atoms with van der Waals surface area (Å²) < 4.78 is 2.36. The van der Waals surface area contributed by atoms with E-state index in [4.69, 9.17) is 5.73 Å². The molecule has 0 radical (unpaired) electrons. The standard InChI is InChI=1S/C13H22N4/c14-7-12-3-1-2-6-16(12)9-13-8-15-10-17(13)11-4-5-11/h8,10-12H,1-7,9,14H2. The molecule has 0 spiro atoms. The van der Waals surface area contributed by atoms with Crippen LogP contribution in [0.15, 0.2) is 12.5 Å². The van der Waals surface area contributed by atoms with Crippen molar-refractivity contribution >= 4 is 0 Å². The van der Waals surface area contributed by atoms with Crippen LogP contribution in [-0.2, 0) is 6.54 Å². The van der Waals surface area contributed by atoms with Crippen LogP contribution in [0.2, 0.25) is 0 Å². The highest BCUT2D eigenvalue weighted by Crippen LogP contribution is 2.36. The summed E-state index contributed by atoms with van der Waals surface area (Å²) in [7, 11) is 0. The van der Waals surface area contributed by atoms with Crippen molar-refractivity contribution in [2.24, 2.45) is 5.73 Å². The zero-order chi connectivity index (χ0) is 11.7. The van der Waals surface area contributed by atoms with Gasteiger partial charge in [-0.3, -0.25) is 4.90 Å². The predicted molar refractivity (Wildman–Crippen MR) is 67.6 cm³/mol. The van der Waals surface area contributed by atoms with E-state index in [1.807, 2.05) is 12.5 Å². The Bertz CT molecular complexity index is 369. The van der Waals surface area contributed by atoms with Crippen LogP contribution < -0.4 is 5.73 Å². The molecule has 1 atom stereocenters. The van der Waals surface area contributed by atoms with E-state index in [9.17, 15) is 0 Å². The monoisotopic (exact) mass is 234 g/mol. The molecule has 1 unspecified atom stereocenters. The summed E-state index contributed by atoms with van der Waals surface area (Å²) in [5, 5.41) is 0. The molecule has 1 saturated heterocycles. The van der Waals surface area contributed by atoms with Gasteiger partial charge in [0.1, 0.15) is 0 Å². The number of rotatable bonds is 4. The van der Waals surface area contributed by atoms with E-state index in [-0.39, 0.29) is 0 Å². The summed E-state index contributed by atoms with van der Waals surface area (Å²) in [5.74, 6) is 0. The third-order valence-corrected chi connectivity index (χ3v) is 4.07. The number of hydrogen-bond donors (Lipinski definition) is 1. The fourth-order valence-electron chi connectivity index (χ4n) is 2.88. The van der Waals surface area contributed by atoms with Gasteiger partial charge >= 0.3 is 0 Å². The minimum absolute atomic E-state index is 0.575. The first-order chi connectivity index (χ1) is 8.38. The number of nitrogens with two attached hydrogens (primary N) is 1. The van der Waals surface area contributed by atoms with Gasteiger partial charge in [0.2, 0.25) is 0 Å². The van der Waals surface area contributed by atoms with Crippen molar-refractivity contribution < 1.29 is 0 Å². The maximum atomic E-state index is 5.87. The maximum Gasteiger partial charge on any atom is 0.0951 e. The van der Waals surface area contributed by atoms with Crippen LogP contribution in [0.5, 0.6) is 0 Å². The molecule has 2 aliphatic rings. The number of imidazole rings is 1. The normalized spacial score (nSPS) is 26.3. The molecule has 1 aliphatic carbocycles. The van der Waals surface area contributed by atoms with Gasteiger partial charge in [-0.1, -0.05) is 6.42 Å². The summed E-state index contributed by atoms with van der Waals surface area (Å²) in [4.78, 5) is 6.85. The highest BCUT2D eigenvalue weighted by Gasteiger charge is 2.27.